The van der Waals surface area contributed by atoms with Crippen LogP contribution in [0, 0.1) is 6.92 Å². The van der Waals surface area contributed by atoms with Gasteiger partial charge in [-0.05, 0) is 46.2 Å². The average molecular weight is 533 g/mol. The summed E-state index contributed by atoms with van der Waals surface area (Å²) in [5, 5.41) is 10.4. The molecule has 1 unspecified atom stereocenters. The molecule has 1 aliphatic heterocycles. The van der Waals surface area contributed by atoms with E-state index in [0.717, 1.165) is 11.6 Å². The maximum atomic E-state index is 12.9. The highest BCUT2D eigenvalue weighted by Crippen LogP contribution is 2.34. The van der Waals surface area contributed by atoms with Crippen LogP contribution in [0.5, 0.6) is 0 Å². The van der Waals surface area contributed by atoms with Gasteiger partial charge < -0.3 is 20.3 Å². The number of nitrogens with one attached hydrogen (secondary N) is 2. The first-order valence-corrected chi connectivity index (χ1v) is 12.1. The molecule has 0 fully saturated rings. The standard InChI is InChI=1S/C25H31F3N8O2/c1-14-19-21(35(6)20(22(37)33-19)15(2)38-24(3,4)5)34-23(32-14)30-10-17-11-31-36(13-17)12-16-7-8-18(29-9-16)25(26,27)28/h7-9,11,13,15,20H,10,12H2,1-6H3,(H,33,37)(H,30,32,34)/t15-,20?/m0/s1. The van der Waals surface area contributed by atoms with Crippen LogP contribution >= 0.6 is 0 Å². The number of carbonyl (C=O) groups excluding carboxylic acids is 1. The molecule has 1 aliphatic rings. The van der Waals surface area contributed by atoms with E-state index in [1.165, 1.54) is 12.3 Å². The second-order valence-corrected chi connectivity index (χ2v) is 10.3. The van der Waals surface area contributed by atoms with E-state index >= 15 is 0 Å². The van der Waals surface area contributed by atoms with Crippen LogP contribution in [0.1, 0.15) is 50.2 Å². The maximum Gasteiger partial charge on any atom is 0.433 e. The van der Waals surface area contributed by atoms with Gasteiger partial charge in [0.1, 0.15) is 17.4 Å². The van der Waals surface area contributed by atoms with Gasteiger partial charge in [-0.3, -0.25) is 14.5 Å². The molecule has 2 N–H and O–H groups in total. The highest BCUT2D eigenvalue weighted by Gasteiger charge is 2.39. The summed E-state index contributed by atoms with van der Waals surface area (Å²) in [7, 11) is 1.81. The molecule has 4 rings (SSSR count). The van der Waals surface area contributed by atoms with Gasteiger partial charge >= 0.3 is 6.18 Å². The SMILES string of the molecule is Cc1nc(NCc2cnn(Cc3ccc(C(F)(F)F)nc3)c2)nc2c1NC(=O)C([C@H](C)OC(C)(C)C)N2C. The number of alkyl halides is 3. The van der Waals surface area contributed by atoms with Crippen molar-refractivity contribution in [3.05, 3.63) is 53.2 Å². The number of aromatic nitrogens is 5. The number of likely N-dealkylation sites (N-methyl/N-ethyl adjacent to an activating group) is 1. The van der Waals surface area contributed by atoms with E-state index in [4.69, 9.17) is 4.74 Å². The van der Waals surface area contributed by atoms with Crippen LogP contribution in [0.3, 0.4) is 0 Å². The Bertz CT molecular complexity index is 1300. The Kier molecular flexibility index (Phi) is 7.33. The number of amides is 1. The summed E-state index contributed by atoms with van der Waals surface area (Å²) < 4.78 is 45.8. The molecule has 0 aromatic carbocycles. The van der Waals surface area contributed by atoms with Crippen molar-refractivity contribution in [2.75, 3.05) is 22.6 Å². The smallest absolute Gasteiger partial charge is 0.370 e. The number of ether oxygens (including phenoxy) is 1. The Morgan fingerprint density at radius 3 is 2.53 bits per heavy atom. The fourth-order valence-corrected chi connectivity index (χ4v) is 4.33. The molecule has 13 heteroatoms. The van der Waals surface area contributed by atoms with Crippen LogP contribution in [0.2, 0.25) is 0 Å². The highest BCUT2D eigenvalue weighted by atomic mass is 19.4. The maximum absolute atomic E-state index is 12.9. The lowest BCUT2D eigenvalue weighted by Gasteiger charge is -2.39. The zero-order chi connectivity index (χ0) is 27.8. The molecule has 0 saturated carbocycles. The average Bonchev–Trinajstić information content (AvgIpc) is 3.24. The topological polar surface area (TPSA) is 110 Å². The molecule has 10 nitrogen and oxygen atoms in total. The molecule has 2 atom stereocenters. The Hall–Kier alpha value is -3.74. The summed E-state index contributed by atoms with van der Waals surface area (Å²) in [6, 6.07) is 1.77. The van der Waals surface area contributed by atoms with Crippen molar-refractivity contribution in [3.8, 4) is 0 Å². The third kappa shape index (κ3) is 6.21. The number of rotatable bonds is 7. The predicted octanol–water partition coefficient (Wildman–Crippen LogP) is 4.02. The lowest BCUT2D eigenvalue weighted by Crippen LogP contribution is -2.54. The van der Waals surface area contributed by atoms with Crippen molar-refractivity contribution in [1.82, 2.24) is 24.7 Å². The Labute approximate surface area is 218 Å². The second kappa shape index (κ2) is 10.2. The zero-order valence-electron chi connectivity index (χ0n) is 22.1. The highest BCUT2D eigenvalue weighted by molar-refractivity contribution is 6.03. The van der Waals surface area contributed by atoms with Crippen LogP contribution in [-0.2, 0) is 28.8 Å². The second-order valence-electron chi connectivity index (χ2n) is 10.3. The summed E-state index contributed by atoms with van der Waals surface area (Å²) in [6.07, 6.45) is -0.222. The summed E-state index contributed by atoms with van der Waals surface area (Å²) >= 11 is 0. The van der Waals surface area contributed by atoms with Gasteiger partial charge in [0.2, 0.25) is 11.9 Å². The molecule has 0 aliphatic carbocycles. The van der Waals surface area contributed by atoms with Gasteiger partial charge in [0, 0.05) is 31.5 Å². The van der Waals surface area contributed by atoms with Crippen molar-refractivity contribution >= 4 is 23.4 Å². The molecule has 3 aromatic heterocycles. The fraction of sp³-hybridized carbons (Fsp3) is 0.480. The van der Waals surface area contributed by atoms with E-state index in [9.17, 15) is 18.0 Å². The summed E-state index contributed by atoms with van der Waals surface area (Å²) in [5.74, 6) is 0.784. The number of carbonyl (C=O) groups is 1. The largest absolute Gasteiger partial charge is 0.433 e. The number of anilines is 3. The van der Waals surface area contributed by atoms with Crippen LogP contribution in [0.15, 0.2) is 30.7 Å². The monoisotopic (exact) mass is 532 g/mol. The van der Waals surface area contributed by atoms with E-state index in [-0.39, 0.29) is 18.6 Å². The van der Waals surface area contributed by atoms with Crippen molar-refractivity contribution in [2.45, 2.75) is 71.6 Å². The lowest BCUT2D eigenvalue weighted by atomic mass is 10.1. The van der Waals surface area contributed by atoms with Crippen LogP contribution in [-0.4, -0.2) is 55.4 Å². The summed E-state index contributed by atoms with van der Waals surface area (Å²) in [6.45, 7) is 10.1. The molecule has 1 amide bonds. The molecule has 0 saturated heterocycles. The molecular formula is C25H31F3N8O2. The van der Waals surface area contributed by atoms with Gasteiger partial charge in [0.15, 0.2) is 5.82 Å². The molecule has 204 valence electrons. The zero-order valence-corrected chi connectivity index (χ0v) is 22.1. The Balaban J connectivity index is 1.44. The van der Waals surface area contributed by atoms with Gasteiger partial charge in [-0.15, -0.1) is 0 Å². The minimum Gasteiger partial charge on any atom is -0.370 e. The minimum atomic E-state index is -4.47. The van der Waals surface area contributed by atoms with Crippen LogP contribution in [0.4, 0.5) is 30.6 Å². The number of hydrogen-bond donors (Lipinski definition) is 2. The minimum absolute atomic E-state index is 0.181. The first-order valence-electron chi connectivity index (χ1n) is 12.1. The fourth-order valence-electron chi connectivity index (χ4n) is 4.33. The van der Waals surface area contributed by atoms with E-state index in [1.807, 2.05) is 27.7 Å². The van der Waals surface area contributed by atoms with Gasteiger partial charge in [0.25, 0.3) is 0 Å². The van der Waals surface area contributed by atoms with Gasteiger partial charge in [-0.2, -0.15) is 23.3 Å². The number of pyridine rings is 1. The van der Waals surface area contributed by atoms with Crippen LogP contribution < -0.4 is 15.5 Å². The molecule has 38 heavy (non-hydrogen) atoms. The normalized spacial score (nSPS) is 16.7. The molecule has 0 spiro atoms. The lowest BCUT2D eigenvalue weighted by molar-refractivity contribution is -0.141. The number of nitrogens with zero attached hydrogens (tertiary/aromatic N) is 6. The number of aryl methyl sites for hydroxylation is 1. The van der Waals surface area contributed by atoms with Crippen LogP contribution in [0.25, 0.3) is 0 Å². The van der Waals surface area contributed by atoms with Crippen molar-refractivity contribution < 1.29 is 22.7 Å². The van der Waals surface area contributed by atoms with Crippen molar-refractivity contribution in [3.63, 3.8) is 0 Å². The Morgan fingerprint density at radius 1 is 1.16 bits per heavy atom. The van der Waals surface area contributed by atoms with Gasteiger partial charge in [-0.25, -0.2) is 4.98 Å². The number of fused-ring (bicyclic) bond motifs is 1. The van der Waals surface area contributed by atoms with Crippen molar-refractivity contribution in [1.29, 1.82) is 0 Å². The van der Waals surface area contributed by atoms with E-state index in [1.54, 1.807) is 35.9 Å². The molecule has 0 bridgehead atoms. The number of hydrogen-bond acceptors (Lipinski definition) is 8. The van der Waals surface area contributed by atoms with Crippen molar-refractivity contribution in [2.24, 2.45) is 0 Å². The number of halogens is 3. The van der Waals surface area contributed by atoms with E-state index in [2.05, 4.69) is 30.7 Å². The Morgan fingerprint density at radius 2 is 1.89 bits per heavy atom. The van der Waals surface area contributed by atoms with Gasteiger partial charge in [0.05, 0.1) is 30.1 Å². The molecule has 0 radical (unpaired) electrons. The first-order chi connectivity index (χ1) is 17.7. The quantitative estimate of drug-likeness (QED) is 0.470. The van der Waals surface area contributed by atoms with Gasteiger partial charge in [-0.1, -0.05) is 6.07 Å². The van der Waals surface area contributed by atoms with E-state index < -0.39 is 23.5 Å². The predicted molar refractivity (Wildman–Crippen MR) is 136 cm³/mol. The molecule has 3 aromatic rings. The summed E-state index contributed by atoms with van der Waals surface area (Å²) in [5.41, 5.74) is 1.25. The summed E-state index contributed by atoms with van der Waals surface area (Å²) in [4.78, 5) is 27.3. The third-order valence-electron chi connectivity index (χ3n) is 5.92. The third-order valence-corrected chi connectivity index (χ3v) is 5.92. The first kappa shape index (κ1) is 27.3. The molecular weight excluding hydrogens is 501 g/mol. The molecule has 4 heterocycles. The van der Waals surface area contributed by atoms with E-state index in [0.29, 0.717) is 35.3 Å².